The van der Waals surface area contributed by atoms with Gasteiger partial charge in [0.1, 0.15) is 6.10 Å². The van der Waals surface area contributed by atoms with Crippen molar-refractivity contribution in [1.82, 2.24) is 15.2 Å². The number of nitrogens with one attached hydrogen (secondary N) is 1. The summed E-state index contributed by atoms with van der Waals surface area (Å²) in [5.41, 5.74) is 3.06. The van der Waals surface area contributed by atoms with Crippen molar-refractivity contribution in [3.8, 4) is 0 Å². The first-order chi connectivity index (χ1) is 10.7. The van der Waals surface area contributed by atoms with Crippen molar-refractivity contribution < 1.29 is 9.53 Å². The molecule has 120 valence electrons. The number of piperidine rings is 1. The molecule has 3 aliphatic rings. The van der Waals surface area contributed by atoms with Gasteiger partial charge in [0.15, 0.2) is 0 Å². The van der Waals surface area contributed by atoms with Gasteiger partial charge in [0, 0.05) is 24.0 Å². The Labute approximate surface area is 135 Å². The zero-order chi connectivity index (χ0) is 15.1. The van der Waals surface area contributed by atoms with E-state index in [-0.39, 0.29) is 18.1 Å². The number of hydrogen-bond acceptors (Lipinski definition) is 5. The number of hydrogen-bond donors (Lipinski definition) is 1. The van der Waals surface area contributed by atoms with Crippen molar-refractivity contribution >= 4 is 17.2 Å². The minimum atomic E-state index is -0.222. The van der Waals surface area contributed by atoms with Gasteiger partial charge in [-0.2, -0.15) is 0 Å². The van der Waals surface area contributed by atoms with Gasteiger partial charge < -0.3 is 10.1 Å². The van der Waals surface area contributed by atoms with Crippen molar-refractivity contribution in [3.05, 3.63) is 16.1 Å². The predicted molar refractivity (Wildman–Crippen MR) is 84.7 cm³/mol. The van der Waals surface area contributed by atoms with Crippen LogP contribution in [0.15, 0.2) is 5.51 Å². The SMILES string of the molecule is Cc1ncsc1CN1CC[C@H]2C[C@@H](C(=O)NC3CC3)O[C@H]2C1. The van der Waals surface area contributed by atoms with E-state index in [9.17, 15) is 4.79 Å². The fourth-order valence-corrected chi connectivity index (χ4v) is 4.33. The van der Waals surface area contributed by atoms with Crippen molar-refractivity contribution in [3.63, 3.8) is 0 Å². The average molecular weight is 321 g/mol. The number of carbonyl (C=O) groups is 1. The van der Waals surface area contributed by atoms with Gasteiger partial charge in [-0.25, -0.2) is 4.98 Å². The number of rotatable bonds is 4. The third kappa shape index (κ3) is 3.05. The highest BCUT2D eigenvalue weighted by Crippen LogP contribution is 2.34. The van der Waals surface area contributed by atoms with Crippen LogP contribution in [0.4, 0.5) is 0 Å². The summed E-state index contributed by atoms with van der Waals surface area (Å²) in [5.74, 6) is 0.663. The normalized spacial score (nSPS) is 32.0. The molecule has 0 unspecified atom stereocenters. The van der Waals surface area contributed by atoms with Gasteiger partial charge in [-0.1, -0.05) is 0 Å². The zero-order valence-corrected chi connectivity index (χ0v) is 13.8. The van der Waals surface area contributed by atoms with Crippen molar-refractivity contribution in [2.75, 3.05) is 13.1 Å². The maximum atomic E-state index is 12.2. The van der Waals surface area contributed by atoms with Crippen LogP contribution in [0.3, 0.4) is 0 Å². The van der Waals surface area contributed by atoms with E-state index in [0.29, 0.717) is 12.0 Å². The van der Waals surface area contributed by atoms with E-state index >= 15 is 0 Å². The maximum absolute atomic E-state index is 12.2. The van der Waals surface area contributed by atoms with E-state index in [1.807, 2.05) is 5.51 Å². The molecule has 2 saturated heterocycles. The Hall–Kier alpha value is -0.980. The van der Waals surface area contributed by atoms with Crippen LogP contribution in [0.2, 0.25) is 0 Å². The van der Waals surface area contributed by atoms with E-state index in [1.54, 1.807) is 11.3 Å². The Balaban J connectivity index is 1.33. The predicted octanol–water partition coefficient (Wildman–Crippen LogP) is 1.71. The lowest BCUT2D eigenvalue weighted by Crippen LogP contribution is -2.42. The topological polar surface area (TPSA) is 54.5 Å². The Morgan fingerprint density at radius 1 is 1.50 bits per heavy atom. The Morgan fingerprint density at radius 2 is 2.36 bits per heavy atom. The molecule has 0 radical (unpaired) electrons. The monoisotopic (exact) mass is 321 g/mol. The van der Waals surface area contributed by atoms with Gasteiger partial charge in [0.2, 0.25) is 5.91 Å². The first kappa shape index (κ1) is 14.6. The van der Waals surface area contributed by atoms with Crippen LogP contribution in [0.5, 0.6) is 0 Å². The van der Waals surface area contributed by atoms with Crippen LogP contribution in [-0.2, 0) is 16.1 Å². The van der Waals surface area contributed by atoms with Crippen molar-refractivity contribution in [2.45, 2.75) is 57.4 Å². The van der Waals surface area contributed by atoms with Crippen LogP contribution in [0.1, 0.15) is 36.3 Å². The Kier molecular flexibility index (Phi) is 3.92. The molecule has 3 atom stereocenters. The molecule has 1 amide bonds. The van der Waals surface area contributed by atoms with Crippen LogP contribution >= 0.6 is 11.3 Å². The fourth-order valence-electron chi connectivity index (χ4n) is 3.51. The summed E-state index contributed by atoms with van der Waals surface area (Å²) in [7, 11) is 0. The number of carbonyl (C=O) groups excluding carboxylic acids is 1. The number of amides is 1. The second-order valence-electron chi connectivity index (χ2n) is 6.83. The number of fused-ring (bicyclic) bond motifs is 1. The summed E-state index contributed by atoms with van der Waals surface area (Å²) >= 11 is 1.73. The van der Waals surface area contributed by atoms with Crippen LogP contribution < -0.4 is 5.32 Å². The Morgan fingerprint density at radius 3 is 3.09 bits per heavy atom. The van der Waals surface area contributed by atoms with Crippen molar-refractivity contribution in [2.24, 2.45) is 5.92 Å². The number of ether oxygens (including phenoxy) is 1. The number of likely N-dealkylation sites (tertiary alicyclic amines) is 1. The van der Waals surface area contributed by atoms with Gasteiger partial charge in [-0.05, 0) is 45.1 Å². The number of aromatic nitrogens is 1. The smallest absolute Gasteiger partial charge is 0.249 e. The minimum absolute atomic E-state index is 0.113. The molecule has 0 bridgehead atoms. The molecule has 2 aliphatic heterocycles. The van der Waals surface area contributed by atoms with E-state index in [4.69, 9.17) is 4.74 Å². The van der Waals surface area contributed by atoms with Gasteiger partial charge >= 0.3 is 0 Å². The van der Waals surface area contributed by atoms with Gasteiger partial charge in [0.05, 0.1) is 17.3 Å². The molecule has 1 aromatic rings. The molecule has 1 aliphatic carbocycles. The number of thiazole rings is 1. The van der Waals surface area contributed by atoms with Crippen LogP contribution in [-0.4, -0.2) is 47.1 Å². The second-order valence-corrected chi connectivity index (χ2v) is 7.77. The molecule has 5 nitrogen and oxygen atoms in total. The molecule has 4 rings (SSSR count). The fraction of sp³-hybridized carbons (Fsp3) is 0.750. The largest absolute Gasteiger partial charge is 0.364 e. The molecule has 1 saturated carbocycles. The molecule has 0 spiro atoms. The highest BCUT2D eigenvalue weighted by molar-refractivity contribution is 7.09. The van der Waals surface area contributed by atoms with Crippen LogP contribution in [0, 0.1) is 12.8 Å². The molecule has 1 aromatic heterocycles. The molecule has 3 heterocycles. The summed E-state index contributed by atoms with van der Waals surface area (Å²) in [6, 6.07) is 0.421. The molecular formula is C16H23N3O2S. The molecule has 6 heteroatoms. The quantitative estimate of drug-likeness (QED) is 0.917. The Bertz CT molecular complexity index is 557. The van der Waals surface area contributed by atoms with E-state index in [2.05, 4.69) is 22.1 Å². The van der Waals surface area contributed by atoms with Gasteiger partial charge in [-0.3, -0.25) is 9.69 Å². The lowest BCUT2D eigenvalue weighted by molar-refractivity contribution is -0.133. The number of aryl methyl sites for hydroxylation is 1. The summed E-state index contributed by atoms with van der Waals surface area (Å²) < 4.78 is 6.07. The average Bonchev–Trinajstić information content (AvgIpc) is 3.07. The zero-order valence-electron chi connectivity index (χ0n) is 13.0. The first-order valence-corrected chi connectivity index (χ1v) is 9.14. The summed E-state index contributed by atoms with van der Waals surface area (Å²) in [6.45, 7) is 5.07. The van der Waals surface area contributed by atoms with Gasteiger partial charge in [-0.15, -0.1) is 11.3 Å². The number of nitrogens with zero attached hydrogens (tertiary/aromatic N) is 2. The van der Waals surface area contributed by atoms with Crippen molar-refractivity contribution in [1.29, 1.82) is 0 Å². The molecule has 1 N–H and O–H groups in total. The van der Waals surface area contributed by atoms with E-state index in [0.717, 1.165) is 51.0 Å². The maximum Gasteiger partial charge on any atom is 0.249 e. The highest BCUT2D eigenvalue weighted by atomic mass is 32.1. The van der Waals surface area contributed by atoms with Crippen LogP contribution in [0.25, 0.3) is 0 Å². The molecule has 3 fully saturated rings. The first-order valence-electron chi connectivity index (χ1n) is 8.26. The highest BCUT2D eigenvalue weighted by Gasteiger charge is 2.42. The summed E-state index contributed by atoms with van der Waals surface area (Å²) in [5, 5.41) is 3.08. The van der Waals surface area contributed by atoms with Gasteiger partial charge in [0.25, 0.3) is 0 Å². The molecular weight excluding hydrogens is 298 g/mol. The summed E-state index contributed by atoms with van der Waals surface area (Å²) in [6.07, 6.45) is 4.30. The molecule has 0 aromatic carbocycles. The minimum Gasteiger partial charge on any atom is -0.364 e. The lowest BCUT2D eigenvalue weighted by Gasteiger charge is -2.33. The van der Waals surface area contributed by atoms with E-state index < -0.39 is 0 Å². The third-order valence-electron chi connectivity index (χ3n) is 5.06. The van der Waals surface area contributed by atoms with E-state index in [1.165, 1.54) is 4.88 Å². The third-order valence-corrected chi connectivity index (χ3v) is 5.98. The summed E-state index contributed by atoms with van der Waals surface area (Å²) in [4.78, 5) is 20.3. The standard InChI is InChI=1S/C16H23N3O2S/c1-10-15(22-9-17-10)8-19-5-4-11-6-13(21-14(11)7-19)16(20)18-12-2-3-12/h9,11-14H,2-8H2,1H3,(H,18,20)/t11-,13-,14-/m0/s1. The molecule has 22 heavy (non-hydrogen) atoms. The second kappa shape index (κ2) is 5.91. The lowest BCUT2D eigenvalue weighted by atomic mass is 9.91.